The molecule has 0 saturated carbocycles. The van der Waals surface area contributed by atoms with E-state index in [-0.39, 0.29) is 11.9 Å². The van der Waals surface area contributed by atoms with E-state index >= 15 is 0 Å². The molecule has 1 unspecified atom stereocenters. The van der Waals surface area contributed by atoms with Gasteiger partial charge in [-0.15, -0.1) is 0 Å². The molecule has 20 heavy (non-hydrogen) atoms. The molecule has 1 aromatic carbocycles. The van der Waals surface area contributed by atoms with Crippen LogP contribution in [0.4, 0.5) is 0 Å². The Labute approximate surface area is 118 Å². The molecule has 0 spiro atoms. The Bertz CT molecular complexity index is 479. The first kappa shape index (κ1) is 14.5. The molecule has 0 radical (unpaired) electrons. The van der Waals surface area contributed by atoms with Gasteiger partial charge in [0.1, 0.15) is 17.2 Å². The number of carbonyl (C=O) groups is 1. The molecule has 0 aromatic heterocycles. The maximum absolute atomic E-state index is 11.9. The van der Waals surface area contributed by atoms with E-state index in [1.165, 1.54) is 0 Å². The van der Waals surface area contributed by atoms with Gasteiger partial charge in [0, 0.05) is 31.1 Å². The van der Waals surface area contributed by atoms with Crippen molar-refractivity contribution >= 4 is 5.91 Å². The smallest absolute Gasteiger partial charge is 0.224 e. The molecule has 6 nitrogen and oxygen atoms in total. The van der Waals surface area contributed by atoms with Crippen LogP contribution in [0.15, 0.2) is 12.1 Å². The predicted molar refractivity (Wildman–Crippen MR) is 74.1 cm³/mol. The highest BCUT2D eigenvalue weighted by molar-refractivity contribution is 5.79. The Hall–Kier alpha value is -1.95. The fraction of sp³-hybridized carbons (Fsp3) is 0.500. The highest BCUT2D eigenvalue weighted by atomic mass is 16.5. The summed E-state index contributed by atoms with van der Waals surface area (Å²) in [4.78, 5) is 13.6. The van der Waals surface area contributed by atoms with Crippen LogP contribution in [0, 0.1) is 0 Å². The van der Waals surface area contributed by atoms with Crippen molar-refractivity contribution in [3.05, 3.63) is 17.7 Å². The number of benzene rings is 1. The summed E-state index contributed by atoms with van der Waals surface area (Å²) >= 11 is 0. The van der Waals surface area contributed by atoms with Crippen LogP contribution in [-0.4, -0.2) is 44.7 Å². The minimum absolute atomic E-state index is 0.0532. The number of ether oxygens (including phenoxy) is 3. The Morgan fingerprint density at radius 2 is 1.80 bits per heavy atom. The van der Waals surface area contributed by atoms with E-state index in [0.29, 0.717) is 36.8 Å². The lowest BCUT2D eigenvalue weighted by Gasteiger charge is -2.20. The largest absolute Gasteiger partial charge is 0.496 e. The van der Waals surface area contributed by atoms with Gasteiger partial charge in [0.05, 0.1) is 33.4 Å². The fourth-order valence-electron chi connectivity index (χ4n) is 2.38. The van der Waals surface area contributed by atoms with Crippen molar-refractivity contribution in [3.63, 3.8) is 0 Å². The van der Waals surface area contributed by atoms with Gasteiger partial charge in [-0.1, -0.05) is 0 Å². The zero-order valence-corrected chi connectivity index (χ0v) is 12.0. The summed E-state index contributed by atoms with van der Waals surface area (Å²) in [5.74, 6) is 1.97. The third-order valence-electron chi connectivity index (χ3n) is 3.41. The van der Waals surface area contributed by atoms with Gasteiger partial charge in [-0.05, 0) is 0 Å². The first-order valence-corrected chi connectivity index (χ1v) is 6.41. The van der Waals surface area contributed by atoms with Crippen molar-refractivity contribution in [1.29, 1.82) is 0 Å². The molecule has 1 fully saturated rings. The van der Waals surface area contributed by atoms with E-state index in [1.807, 2.05) is 0 Å². The minimum atomic E-state index is -0.0993. The molecule has 1 aliphatic rings. The highest BCUT2D eigenvalue weighted by Gasteiger charge is 2.28. The number of nitrogens with zero attached hydrogens (tertiary/aromatic N) is 1. The molecular weight excluding hydrogens is 260 g/mol. The summed E-state index contributed by atoms with van der Waals surface area (Å²) < 4.78 is 15.9. The Morgan fingerprint density at radius 3 is 2.20 bits per heavy atom. The molecule has 110 valence electrons. The SMILES string of the molecule is COc1cc(OC)c(CN2CC(N)CC2=O)c(OC)c1. The molecule has 1 aromatic rings. The first-order chi connectivity index (χ1) is 9.58. The van der Waals surface area contributed by atoms with Gasteiger partial charge >= 0.3 is 0 Å². The van der Waals surface area contributed by atoms with Crippen LogP contribution >= 0.6 is 0 Å². The summed E-state index contributed by atoms with van der Waals surface area (Å²) in [7, 11) is 4.74. The molecule has 2 rings (SSSR count). The number of hydrogen-bond acceptors (Lipinski definition) is 5. The van der Waals surface area contributed by atoms with Crippen LogP contribution in [0.25, 0.3) is 0 Å². The van der Waals surface area contributed by atoms with E-state index in [4.69, 9.17) is 19.9 Å². The van der Waals surface area contributed by atoms with E-state index in [2.05, 4.69) is 0 Å². The maximum atomic E-state index is 11.9. The van der Waals surface area contributed by atoms with E-state index in [9.17, 15) is 4.79 Å². The molecule has 6 heteroatoms. The van der Waals surface area contributed by atoms with Gasteiger partial charge in [-0.3, -0.25) is 4.79 Å². The van der Waals surface area contributed by atoms with Crippen molar-refractivity contribution in [3.8, 4) is 17.2 Å². The molecule has 1 saturated heterocycles. The summed E-state index contributed by atoms with van der Waals surface area (Å²) in [6.07, 6.45) is 0.390. The lowest BCUT2D eigenvalue weighted by Crippen LogP contribution is -2.28. The van der Waals surface area contributed by atoms with Crippen molar-refractivity contribution in [2.45, 2.75) is 19.0 Å². The van der Waals surface area contributed by atoms with Crippen LogP contribution < -0.4 is 19.9 Å². The number of carbonyl (C=O) groups excluding carboxylic acids is 1. The molecule has 1 atom stereocenters. The number of amides is 1. The summed E-state index contributed by atoms with van der Waals surface area (Å²) in [6, 6.07) is 3.45. The maximum Gasteiger partial charge on any atom is 0.224 e. The van der Waals surface area contributed by atoms with Gasteiger partial charge in [0.25, 0.3) is 0 Å². The normalized spacial score (nSPS) is 18.3. The molecule has 1 heterocycles. The predicted octanol–water partition coefficient (Wildman–Crippen LogP) is 0.772. The first-order valence-electron chi connectivity index (χ1n) is 6.41. The minimum Gasteiger partial charge on any atom is -0.496 e. The zero-order chi connectivity index (χ0) is 14.7. The number of nitrogens with two attached hydrogens (primary N) is 1. The average molecular weight is 280 g/mol. The Balaban J connectivity index is 2.32. The van der Waals surface area contributed by atoms with Crippen molar-refractivity contribution in [2.24, 2.45) is 5.73 Å². The van der Waals surface area contributed by atoms with Crippen LogP contribution in [0.2, 0.25) is 0 Å². The summed E-state index contributed by atoms with van der Waals surface area (Å²) in [6.45, 7) is 0.972. The average Bonchev–Trinajstić information content (AvgIpc) is 2.76. The standard InChI is InChI=1S/C14H20N2O4/c1-18-10-5-12(19-2)11(13(6-10)20-3)8-16-7-9(15)4-14(16)17/h5-6,9H,4,7-8,15H2,1-3H3. The lowest BCUT2D eigenvalue weighted by atomic mass is 10.1. The van der Waals surface area contributed by atoms with Crippen molar-refractivity contribution in [2.75, 3.05) is 27.9 Å². The Kier molecular flexibility index (Phi) is 4.34. The van der Waals surface area contributed by atoms with Crippen LogP contribution in [0.3, 0.4) is 0 Å². The van der Waals surface area contributed by atoms with Gasteiger partial charge in [-0.2, -0.15) is 0 Å². The number of likely N-dealkylation sites (tertiary alicyclic amines) is 1. The zero-order valence-electron chi connectivity index (χ0n) is 12.0. The second-order valence-electron chi connectivity index (χ2n) is 4.75. The van der Waals surface area contributed by atoms with Crippen molar-refractivity contribution in [1.82, 2.24) is 4.90 Å². The third-order valence-corrected chi connectivity index (χ3v) is 3.41. The lowest BCUT2D eigenvalue weighted by molar-refractivity contribution is -0.128. The monoisotopic (exact) mass is 280 g/mol. The molecule has 0 aliphatic carbocycles. The second-order valence-corrected chi connectivity index (χ2v) is 4.75. The molecule has 2 N–H and O–H groups in total. The Morgan fingerprint density at radius 1 is 1.20 bits per heavy atom. The molecule has 1 amide bonds. The van der Waals surface area contributed by atoms with Gasteiger partial charge < -0.3 is 24.8 Å². The van der Waals surface area contributed by atoms with Crippen LogP contribution in [0.5, 0.6) is 17.2 Å². The van der Waals surface area contributed by atoms with Gasteiger partial charge in [-0.25, -0.2) is 0 Å². The fourth-order valence-corrected chi connectivity index (χ4v) is 2.38. The van der Waals surface area contributed by atoms with Crippen LogP contribution in [-0.2, 0) is 11.3 Å². The van der Waals surface area contributed by atoms with E-state index in [0.717, 1.165) is 5.56 Å². The second kappa shape index (κ2) is 6.00. The van der Waals surface area contributed by atoms with E-state index in [1.54, 1.807) is 38.4 Å². The quantitative estimate of drug-likeness (QED) is 0.862. The summed E-state index contributed by atoms with van der Waals surface area (Å²) in [5, 5.41) is 0. The third kappa shape index (κ3) is 2.80. The van der Waals surface area contributed by atoms with Crippen molar-refractivity contribution < 1.29 is 19.0 Å². The van der Waals surface area contributed by atoms with E-state index < -0.39 is 0 Å². The van der Waals surface area contributed by atoms with Gasteiger partial charge in [0.15, 0.2) is 0 Å². The van der Waals surface area contributed by atoms with Gasteiger partial charge in [0.2, 0.25) is 5.91 Å². The van der Waals surface area contributed by atoms with Crippen LogP contribution in [0.1, 0.15) is 12.0 Å². The number of hydrogen-bond donors (Lipinski definition) is 1. The molecular formula is C14H20N2O4. The number of methoxy groups -OCH3 is 3. The summed E-state index contributed by atoms with van der Waals surface area (Å²) in [5.41, 5.74) is 6.63. The highest BCUT2D eigenvalue weighted by Crippen LogP contribution is 2.35. The topological polar surface area (TPSA) is 74.0 Å². The molecule has 0 bridgehead atoms. The molecule has 1 aliphatic heterocycles. The number of rotatable bonds is 5.